The highest BCUT2D eigenvalue weighted by atomic mass is 16.5. The number of hydrogen-bond acceptors (Lipinski definition) is 6. The molecule has 3 heterocycles. The molecule has 6 rings (SSSR count). The number of Topliss-reactive ketones (excluding diaryl/α,β-unsaturated/α-hetero) is 2. The van der Waals surface area contributed by atoms with Crippen molar-refractivity contribution < 1.29 is 28.3 Å². The lowest BCUT2D eigenvalue weighted by molar-refractivity contribution is -0.133. The number of aryl methyl sites for hydroxylation is 1. The van der Waals surface area contributed by atoms with E-state index in [-0.39, 0.29) is 30.5 Å². The first kappa shape index (κ1) is 23.9. The van der Waals surface area contributed by atoms with E-state index in [9.17, 15) is 14.4 Å². The number of fused-ring (bicyclic) bond motifs is 2. The lowest BCUT2D eigenvalue weighted by Crippen LogP contribution is -2.44. The molecule has 3 aromatic rings. The third-order valence-electron chi connectivity index (χ3n) is 7.95. The summed E-state index contributed by atoms with van der Waals surface area (Å²) in [5.74, 6) is 1.68. The number of carbonyl (C=O) groups is 3. The maximum atomic E-state index is 13.1. The topological polar surface area (TPSA) is 86.1 Å². The van der Waals surface area contributed by atoms with Crippen molar-refractivity contribution in [2.24, 2.45) is 5.92 Å². The van der Waals surface area contributed by atoms with Gasteiger partial charge in [0.2, 0.25) is 0 Å². The van der Waals surface area contributed by atoms with Gasteiger partial charge in [-0.1, -0.05) is 12.1 Å². The fourth-order valence-corrected chi connectivity index (χ4v) is 5.83. The Labute approximate surface area is 215 Å². The van der Waals surface area contributed by atoms with Crippen molar-refractivity contribution in [2.75, 3.05) is 13.2 Å². The number of ketones is 2. The molecule has 7 heteroatoms. The molecule has 1 unspecified atom stereocenters. The number of nitrogens with zero attached hydrogens (tertiary/aromatic N) is 1. The molecule has 1 amide bonds. The van der Waals surface area contributed by atoms with Gasteiger partial charge in [0.1, 0.15) is 29.5 Å². The van der Waals surface area contributed by atoms with Crippen molar-refractivity contribution in [3.63, 3.8) is 0 Å². The van der Waals surface area contributed by atoms with E-state index in [4.69, 9.17) is 13.9 Å². The van der Waals surface area contributed by atoms with E-state index >= 15 is 0 Å². The highest BCUT2D eigenvalue weighted by molar-refractivity contribution is 6.07. The SMILES string of the molecule is O=C1CCC(N2Cc3c(OCc4cc5cc(CCC6CCOCC6)ccc5o4)cccc3C2=O)C(=O)C1. The van der Waals surface area contributed by atoms with Crippen LogP contribution < -0.4 is 4.74 Å². The molecule has 37 heavy (non-hydrogen) atoms. The molecule has 7 nitrogen and oxygen atoms in total. The van der Waals surface area contributed by atoms with Gasteiger partial charge in [-0.2, -0.15) is 0 Å². The van der Waals surface area contributed by atoms with E-state index in [0.29, 0.717) is 30.7 Å². The van der Waals surface area contributed by atoms with Gasteiger partial charge < -0.3 is 18.8 Å². The monoisotopic (exact) mass is 501 g/mol. The standard InChI is InChI=1S/C30H31NO6/c32-22-7-8-26(27(33)16-22)31-17-25-24(30(31)34)2-1-3-29(25)36-18-23-15-21-14-20(6-9-28(21)37-23)5-4-19-10-12-35-13-11-19/h1-3,6,9,14-15,19,26H,4-5,7-8,10-13,16-18H2. The van der Waals surface area contributed by atoms with Gasteiger partial charge in [-0.15, -0.1) is 0 Å². The summed E-state index contributed by atoms with van der Waals surface area (Å²) in [6.45, 7) is 2.32. The first-order valence-corrected chi connectivity index (χ1v) is 13.2. The minimum absolute atomic E-state index is 0.0493. The van der Waals surface area contributed by atoms with Crippen LogP contribution in [0.5, 0.6) is 5.75 Å². The maximum absolute atomic E-state index is 13.1. The number of hydrogen-bond donors (Lipinski definition) is 0. The maximum Gasteiger partial charge on any atom is 0.255 e. The van der Waals surface area contributed by atoms with Crippen LogP contribution in [-0.4, -0.2) is 41.6 Å². The molecule has 1 aromatic heterocycles. The van der Waals surface area contributed by atoms with Crippen LogP contribution in [0, 0.1) is 5.92 Å². The van der Waals surface area contributed by atoms with Crippen molar-refractivity contribution >= 4 is 28.4 Å². The zero-order valence-corrected chi connectivity index (χ0v) is 20.9. The highest BCUT2D eigenvalue weighted by Gasteiger charge is 2.40. The second-order valence-corrected chi connectivity index (χ2v) is 10.4. The van der Waals surface area contributed by atoms with E-state index in [1.165, 1.54) is 12.0 Å². The van der Waals surface area contributed by atoms with Crippen LogP contribution in [0.1, 0.15) is 65.8 Å². The van der Waals surface area contributed by atoms with E-state index in [2.05, 4.69) is 12.1 Å². The van der Waals surface area contributed by atoms with Gasteiger partial charge in [-0.25, -0.2) is 0 Å². The second kappa shape index (κ2) is 10.1. The molecule has 0 bridgehead atoms. The lowest BCUT2D eigenvalue weighted by atomic mass is 9.92. The quantitative estimate of drug-likeness (QED) is 0.423. The molecule has 1 atom stereocenters. The van der Waals surface area contributed by atoms with Crippen molar-refractivity contribution in [1.82, 2.24) is 4.90 Å². The van der Waals surface area contributed by atoms with Gasteiger partial charge >= 0.3 is 0 Å². The average Bonchev–Trinajstić information content (AvgIpc) is 3.47. The Morgan fingerprint density at radius 1 is 1.00 bits per heavy atom. The molecule has 0 N–H and O–H groups in total. The third-order valence-corrected chi connectivity index (χ3v) is 7.95. The van der Waals surface area contributed by atoms with Gasteiger partial charge in [0.05, 0.1) is 19.0 Å². The second-order valence-electron chi connectivity index (χ2n) is 10.4. The number of furan rings is 1. The molecular weight excluding hydrogens is 470 g/mol. The Morgan fingerprint density at radius 3 is 2.70 bits per heavy atom. The van der Waals surface area contributed by atoms with Crippen molar-refractivity contribution in [3.8, 4) is 5.75 Å². The minimum Gasteiger partial charge on any atom is -0.485 e. The van der Waals surface area contributed by atoms with Crippen LogP contribution in [0.2, 0.25) is 0 Å². The van der Waals surface area contributed by atoms with Crippen molar-refractivity contribution in [1.29, 1.82) is 0 Å². The summed E-state index contributed by atoms with van der Waals surface area (Å²) >= 11 is 0. The molecule has 1 saturated heterocycles. The summed E-state index contributed by atoms with van der Waals surface area (Å²) in [6.07, 6.45) is 5.18. The molecule has 192 valence electrons. The summed E-state index contributed by atoms with van der Waals surface area (Å²) in [5.41, 5.74) is 3.48. The van der Waals surface area contributed by atoms with Crippen LogP contribution in [-0.2, 0) is 33.9 Å². The van der Waals surface area contributed by atoms with Gasteiger partial charge in [-0.3, -0.25) is 14.4 Å². The number of benzene rings is 2. The average molecular weight is 502 g/mol. The number of carbonyl (C=O) groups excluding carboxylic acids is 3. The Kier molecular flexibility index (Phi) is 6.55. The highest BCUT2D eigenvalue weighted by Crippen LogP contribution is 2.35. The minimum atomic E-state index is -0.540. The fourth-order valence-electron chi connectivity index (χ4n) is 5.83. The molecular formula is C30H31NO6. The molecule has 0 radical (unpaired) electrons. The molecule has 2 aromatic carbocycles. The Hall–Kier alpha value is -3.45. The smallest absolute Gasteiger partial charge is 0.255 e. The number of ether oxygens (including phenoxy) is 2. The number of rotatable bonds is 7. The third kappa shape index (κ3) is 4.92. The van der Waals surface area contributed by atoms with E-state index in [1.54, 1.807) is 17.0 Å². The van der Waals surface area contributed by atoms with Gasteiger partial charge in [0, 0.05) is 36.1 Å². The molecule has 2 fully saturated rings. The summed E-state index contributed by atoms with van der Waals surface area (Å²) in [6, 6.07) is 13.3. The molecule has 1 saturated carbocycles. The Morgan fingerprint density at radius 2 is 1.86 bits per heavy atom. The van der Waals surface area contributed by atoms with Crippen molar-refractivity contribution in [2.45, 2.75) is 64.1 Å². The fraction of sp³-hybridized carbons (Fsp3) is 0.433. The lowest BCUT2D eigenvalue weighted by Gasteiger charge is -2.29. The number of amides is 1. The van der Waals surface area contributed by atoms with Gasteiger partial charge in [0.15, 0.2) is 5.78 Å². The largest absolute Gasteiger partial charge is 0.485 e. The Balaban J connectivity index is 1.12. The van der Waals surface area contributed by atoms with E-state index in [1.807, 2.05) is 18.2 Å². The van der Waals surface area contributed by atoms with Gasteiger partial charge in [-0.05, 0) is 73.9 Å². The first-order valence-electron chi connectivity index (χ1n) is 13.2. The normalized spacial score (nSPS) is 20.6. The van der Waals surface area contributed by atoms with E-state index < -0.39 is 6.04 Å². The summed E-state index contributed by atoms with van der Waals surface area (Å²) in [4.78, 5) is 38.7. The van der Waals surface area contributed by atoms with Crippen molar-refractivity contribution in [3.05, 3.63) is 64.9 Å². The zero-order valence-electron chi connectivity index (χ0n) is 20.9. The summed E-state index contributed by atoms with van der Waals surface area (Å²) in [5, 5.41) is 1.06. The molecule has 2 aliphatic heterocycles. The first-order chi connectivity index (χ1) is 18.0. The van der Waals surface area contributed by atoms with Gasteiger partial charge in [0.25, 0.3) is 5.91 Å². The molecule has 0 spiro atoms. The van der Waals surface area contributed by atoms with Crippen LogP contribution in [0.15, 0.2) is 46.9 Å². The summed E-state index contributed by atoms with van der Waals surface area (Å²) in [7, 11) is 0. The molecule has 1 aliphatic carbocycles. The van der Waals surface area contributed by atoms with Crippen LogP contribution in [0.4, 0.5) is 0 Å². The van der Waals surface area contributed by atoms with Crippen LogP contribution >= 0.6 is 0 Å². The van der Waals surface area contributed by atoms with E-state index in [0.717, 1.165) is 60.7 Å². The Bertz CT molecular complexity index is 1350. The zero-order chi connectivity index (χ0) is 25.4. The summed E-state index contributed by atoms with van der Waals surface area (Å²) < 4.78 is 17.6. The predicted molar refractivity (Wildman–Crippen MR) is 136 cm³/mol. The predicted octanol–water partition coefficient (Wildman–Crippen LogP) is 5.02. The molecule has 3 aliphatic rings. The van der Waals surface area contributed by atoms with Crippen LogP contribution in [0.25, 0.3) is 11.0 Å². The van der Waals surface area contributed by atoms with Crippen LogP contribution in [0.3, 0.4) is 0 Å².